The van der Waals surface area contributed by atoms with Crippen molar-refractivity contribution in [3.63, 3.8) is 0 Å². The molecular weight excluding hydrogens is 362 g/mol. The average Bonchev–Trinajstić information content (AvgIpc) is 2.88. The summed E-state index contributed by atoms with van der Waals surface area (Å²) in [6.07, 6.45) is 6.60. The first-order chi connectivity index (χ1) is 11.1. The fourth-order valence-corrected chi connectivity index (χ4v) is 2.37. The van der Waals surface area contributed by atoms with Gasteiger partial charge in [0.2, 0.25) is 0 Å². The number of nitrogens with zero attached hydrogens (tertiary/aromatic N) is 4. The molecule has 1 N–H and O–H groups in total. The highest BCUT2D eigenvalue weighted by Gasteiger charge is 2.16. The normalized spacial score (nSPS) is 10.7. The molecule has 118 valence electrons. The van der Waals surface area contributed by atoms with Crippen molar-refractivity contribution in [2.45, 2.75) is 13.8 Å². The van der Waals surface area contributed by atoms with Crippen LogP contribution in [0.2, 0.25) is 0 Å². The van der Waals surface area contributed by atoms with Gasteiger partial charge in [-0.15, -0.1) is 0 Å². The first kappa shape index (κ1) is 15.4. The number of hydrogen-bond acceptors (Lipinski definition) is 5. The van der Waals surface area contributed by atoms with Crippen molar-refractivity contribution in [2.24, 2.45) is 0 Å². The molecule has 0 bridgehead atoms. The van der Waals surface area contributed by atoms with Gasteiger partial charge in [-0.2, -0.15) is 0 Å². The summed E-state index contributed by atoms with van der Waals surface area (Å²) in [5.41, 5.74) is 2.52. The number of anilines is 1. The molecule has 0 aromatic carbocycles. The number of carbonyl (C=O) groups is 1. The number of carbonyl (C=O) groups excluding carboxylic acids is 1. The van der Waals surface area contributed by atoms with Gasteiger partial charge in [0.15, 0.2) is 4.73 Å². The van der Waals surface area contributed by atoms with E-state index in [4.69, 9.17) is 4.74 Å². The minimum atomic E-state index is -0.298. The van der Waals surface area contributed by atoms with Gasteiger partial charge in [-0.1, -0.05) is 0 Å². The van der Waals surface area contributed by atoms with E-state index >= 15 is 0 Å². The van der Waals surface area contributed by atoms with E-state index in [0.717, 1.165) is 11.3 Å². The summed E-state index contributed by atoms with van der Waals surface area (Å²) in [5, 5.41) is 2.76. The van der Waals surface area contributed by atoms with E-state index in [1.165, 1.54) is 12.4 Å². The molecule has 0 spiro atoms. The first-order valence-corrected chi connectivity index (χ1v) is 7.77. The van der Waals surface area contributed by atoms with E-state index in [0.29, 0.717) is 28.3 Å². The minimum Gasteiger partial charge on any atom is -0.493 e. The van der Waals surface area contributed by atoms with Crippen LogP contribution in [0.3, 0.4) is 0 Å². The quantitative estimate of drug-likeness (QED) is 0.709. The van der Waals surface area contributed by atoms with Crippen LogP contribution in [-0.2, 0) is 0 Å². The summed E-state index contributed by atoms with van der Waals surface area (Å²) >= 11 is 3.15. The lowest BCUT2D eigenvalue weighted by Crippen LogP contribution is -2.15. The summed E-state index contributed by atoms with van der Waals surface area (Å²) in [4.78, 5) is 24.9. The molecule has 0 saturated carbocycles. The smallest absolute Gasteiger partial charge is 0.261 e. The molecule has 0 aliphatic rings. The third-order valence-corrected chi connectivity index (χ3v) is 3.51. The van der Waals surface area contributed by atoms with Crippen LogP contribution in [0.25, 0.3) is 5.65 Å². The zero-order chi connectivity index (χ0) is 16.4. The summed E-state index contributed by atoms with van der Waals surface area (Å²) in [6, 6.07) is 1.75. The van der Waals surface area contributed by atoms with Crippen molar-refractivity contribution in [1.29, 1.82) is 0 Å². The molecule has 3 aromatic heterocycles. The van der Waals surface area contributed by atoms with Crippen LogP contribution in [0.4, 0.5) is 5.69 Å². The number of hydrogen-bond donors (Lipinski definition) is 1. The Morgan fingerprint density at radius 3 is 2.78 bits per heavy atom. The fraction of sp³-hybridized carbons (Fsp3) is 0.200. The number of nitrogens with one attached hydrogen (secondary N) is 1. The van der Waals surface area contributed by atoms with E-state index in [1.807, 2.05) is 20.0 Å². The van der Waals surface area contributed by atoms with E-state index in [2.05, 4.69) is 36.2 Å². The molecule has 0 aliphatic heterocycles. The second-order valence-electron chi connectivity index (χ2n) is 4.83. The van der Waals surface area contributed by atoms with Crippen molar-refractivity contribution in [3.8, 4) is 5.75 Å². The van der Waals surface area contributed by atoms with Crippen LogP contribution in [0, 0.1) is 6.92 Å². The summed E-state index contributed by atoms with van der Waals surface area (Å²) in [7, 11) is 0. The highest BCUT2D eigenvalue weighted by atomic mass is 79.9. The van der Waals surface area contributed by atoms with Crippen LogP contribution < -0.4 is 10.1 Å². The molecule has 1 amide bonds. The summed E-state index contributed by atoms with van der Waals surface area (Å²) in [5.74, 6) is 0.189. The van der Waals surface area contributed by atoms with Crippen molar-refractivity contribution in [2.75, 3.05) is 11.9 Å². The highest BCUT2D eigenvalue weighted by Crippen LogP contribution is 2.22. The van der Waals surface area contributed by atoms with E-state index in [-0.39, 0.29) is 5.91 Å². The lowest BCUT2D eigenvalue weighted by atomic mass is 10.2. The van der Waals surface area contributed by atoms with Gasteiger partial charge >= 0.3 is 0 Å². The molecule has 0 aliphatic carbocycles. The Hall–Kier alpha value is -2.48. The number of amides is 1. The SMILES string of the molecule is CCOc1cc2nc(C)cn2cc1C(=O)Nc1cnc(Br)nc1. The summed E-state index contributed by atoms with van der Waals surface area (Å²) in [6.45, 7) is 4.22. The Bertz CT molecular complexity index is 860. The van der Waals surface area contributed by atoms with Gasteiger partial charge in [0.25, 0.3) is 5.91 Å². The predicted octanol–water partition coefficient (Wildman–Crippen LogP) is 2.85. The van der Waals surface area contributed by atoms with E-state index in [1.54, 1.807) is 16.7 Å². The van der Waals surface area contributed by atoms with Gasteiger partial charge in [0, 0.05) is 18.5 Å². The van der Waals surface area contributed by atoms with Gasteiger partial charge in [-0.05, 0) is 29.8 Å². The first-order valence-electron chi connectivity index (χ1n) is 6.98. The number of pyridine rings is 1. The monoisotopic (exact) mass is 375 g/mol. The molecule has 3 rings (SSSR count). The molecule has 0 atom stereocenters. The number of aromatic nitrogens is 4. The standard InChI is InChI=1S/C15H14BrN5O2/c1-3-23-12-4-13-19-9(2)7-21(13)8-11(12)14(22)20-10-5-17-15(16)18-6-10/h4-8H,3H2,1-2H3,(H,20,22). The van der Waals surface area contributed by atoms with Crippen LogP contribution in [0.15, 0.2) is 35.6 Å². The third kappa shape index (κ3) is 3.31. The highest BCUT2D eigenvalue weighted by molar-refractivity contribution is 9.10. The maximum absolute atomic E-state index is 12.6. The van der Waals surface area contributed by atoms with E-state index in [9.17, 15) is 4.79 Å². The Kier molecular flexibility index (Phi) is 4.24. The second kappa shape index (κ2) is 6.33. The number of imidazole rings is 1. The number of halogens is 1. The molecule has 3 aromatic rings. The second-order valence-corrected chi connectivity index (χ2v) is 5.54. The fourth-order valence-electron chi connectivity index (χ4n) is 2.16. The predicted molar refractivity (Wildman–Crippen MR) is 88.8 cm³/mol. The number of fused-ring (bicyclic) bond motifs is 1. The minimum absolute atomic E-state index is 0.298. The Morgan fingerprint density at radius 2 is 2.09 bits per heavy atom. The molecule has 8 heteroatoms. The molecule has 23 heavy (non-hydrogen) atoms. The maximum Gasteiger partial charge on any atom is 0.261 e. The molecule has 0 saturated heterocycles. The number of rotatable bonds is 4. The van der Waals surface area contributed by atoms with Gasteiger partial charge < -0.3 is 14.5 Å². The average molecular weight is 376 g/mol. The molecule has 0 unspecified atom stereocenters. The zero-order valence-electron chi connectivity index (χ0n) is 12.6. The topological polar surface area (TPSA) is 81.4 Å². The van der Waals surface area contributed by atoms with Gasteiger partial charge in [-0.25, -0.2) is 15.0 Å². The van der Waals surface area contributed by atoms with Crippen LogP contribution in [0.5, 0.6) is 5.75 Å². The van der Waals surface area contributed by atoms with Gasteiger partial charge in [0.05, 0.1) is 35.9 Å². The lowest BCUT2D eigenvalue weighted by molar-refractivity contribution is 0.102. The Labute approximate surface area is 140 Å². The zero-order valence-corrected chi connectivity index (χ0v) is 14.2. The molecule has 0 fully saturated rings. The lowest BCUT2D eigenvalue weighted by Gasteiger charge is -2.11. The van der Waals surface area contributed by atoms with E-state index < -0.39 is 0 Å². The molecular formula is C15H14BrN5O2. The van der Waals surface area contributed by atoms with Crippen molar-refractivity contribution in [1.82, 2.24) is 19.4 Å². The molecule has 0 radical (unpaired) electrons. The number of aryl methyl sites for hydroxylation is 1. The Balaban J connectivity index is 1.97. The molecule has 3 heterocycles. The summed E-state index contributed by atoms with van der Waals surface area (Å²) < 4.78 is 7.83. The largest absolute Gasteiger partial charge is 0.493 e. The van der Waals surface area contributed by atoms with Crippen molar-refractivity contribution < 1.29 is 9.53 Å². The third-order valence-electron chi connectivity index (χ3n) is 3.10. The number of ether oxygens (including phenoxy) is 1. The van der Waals surface area contributed by atoms with Gasteiger partial charge in [-0.3, -0.25) is 4.79 Å². The molecule has 7 nitrogen and oxygen atoms in total. The van der Waals surface area contributed by atoms with Crippen LogP contribution >= 0.6 is 15.9 Å². The van der Waals surface area contributed by atoms with Crippen LogP contribution in [0.1, 0.15) is 23.0 Å². The Morgan fingerprint density at radius 1 is 1.35 bits per heavy atom. The maximum atomic E-state index is 12.6. The van der Waals surface area contributed by atoms with Crippen molar-refractivity contribution >= 4 is 33.2 Å². The van der Waals surface area contributed by atoms with Crippen molar-refractivity contribution in [3.05, 3.63) is 46.8 Å². The van der Waals surface area contributed by atoms with Crippen LogP contribution in [-0.4, -0.2) is 31.9 Å². The van der Waals surface area contributed by atoms with Gasteiger partial charge in [0.1, 0.15) is 11.4 Å².